The van der Waals surface area contributed by atoms with Crippen LogP contribution in [-0.4, -0.2) is 42.1 Å². The fourth-order valence-electron chi connectivity index (χ4n) is 3.39. The van der Waals surface area contributed by atoms with Crippen LogP contribution < -0.4 is 0 Å². The topological polar surface area (TPSA) is 89.9 Å². The molecule has 0 aromatic heterocycles. The Morgan fingerprint density at radius 2 is 1.35 bits per heavy atom. The van der Waals surface area contributed by atoms with E-state index in [1.165, 1.54) is 25.3 Å². The van der Waals surface area contributed by atoms with E-state index >= 15 is 0 Å². The molecular formula is C31H50O6. The number of carbonyl (C=O) groups is 3. The Balaban J connectivity index is 3.91. The summed E-state index contributed by atoms with van der Waals surface area (Å²) in [6.07, 6.45) is 27.7. The van der Waals surface area contributed by atoms with Gasteiger partial charge in [0, 0.05) is 19.3 Å². The highest BCUT2D eigenvalue weighted by molar-refractivity contribution is 5.90. The Kier molecular flexibility index (Phi) is 24.8. The molecule has 0 unspecified atom stereocenters. The zero-order valence-electron chi connectivity index (χ0n) is 23.2. The van der Waals surface area contributed by atoms with Crippen LogP contribution >= 0.6 is 0 Å². The molecular weight excluding hydrogens is 468 g/mol. The number of aliphatic hydroxyl groups excluding tert-OH is 1. The van der Waals surface area contributed by atoms with E-state index < -0.39 is 18.7 Å². The monoisotopic (exact) mass is 518 g/mol. The van der Waals surface area contributed by atoms with Gasteiger partial charge in [0.1, 0.15) is 6.61 Å². The molecule has 0 bridgehead atoms. The van der Waals surface area contributed by atoms with Crippen molar-refractivity contribution in [3.63, 3.8) is 0 Å². The first-order valence-corrected chi connectivity index (χ1v) is 14.1. The molecule has 0 saturated heterocycles. The van der Waals surface area contributed by atoms with Crippen molar-refractivity contribution < 1.29 is 29.0 Å². The van der Waals surface area contributed by atoms with Crippen molar-refractivity contribution in [3.05, 3.63) is 48.6 Å². The van der Waals surface area contributed by atoms with Gasteiger partial charge in [-0.3, -0.25) is 14.4 Å². The van der Waals surface area contributed by atoms with E-state index in [1.54, 1.807) is 6.08 Å². The SMILES string of the molecule is CCCCC/C=C\C/C=C\C/C=C\C=C\C(=O)CCCC(=O)O[C@@H](CO)COC(=O)CCCCCCC. The number of hydrogen-bond acceptors (Lipinski definition) is 6. The number of hydrogen-bond donors (Lipinski definition) is 1. The lowest BCUT2D eigenvalue weighted by atomic mass is 10.1. The first-order valence-electron chi connectivity index (χ1n) is 14.1. The first kappa shape index (κ1) is 34.5. The van der Waals surface area contributed by atoms with E-state index in [9.17, 15) is 19.5 Å². The quantitative estimate of drug-likeness (QED) is 0.0481. The van der Waals surface area contributed by atoms with Crippen LogP contribution in [0.5, 0.6) is 0 Å². The van der Waals surface area contributed by atoms with Crippen LogP contribution in [0.3, 0.4) is 0 Å². The second kappa shape index (κ2) is 26.6. The molecule has 0 rings (SSSR count). The molecule has 37 heavy (non-hydrogen) atoms. The van der Waals surface area contributed by atoms with Crippen molar-refractivity contribution in [2.24, 2.45) is 0 Å². The van der Waals surface area contributed by atoms with E-state index in [2.05, 4.69) is 38.2 Å². The first-order chi connectivity index (χ1) is 18.0. The van der Waals surface area contributed by atoms with E-state index in [4.69, 9.17) is 9.47 Å². The number of rotatable bonds is 24. The van der Waals surface area contributed by atoms with Gasteiger partial charge >= 0.3 is 11.9 Å². The molecule has 210 valence electrons. The number of ketones is 1. The van der Waals surface area contributed by atoms with Crippen LogP contribution in [-0.2, 0) is 23.9 Å². The van der Waals surface area contributed by atoms with E-state index in [0.717, 1.165) is 51.4 Å². The molecule has 0 aliphatic carbocycles. The molecule has 0 spiro atoms. The lowest BCUT2D eigenvalue weighted by Gasteiger charge is -2.15. The Bertz CT molecular complexity index is 704. The summed E-state index contributed by atoms with van der Waals surface area (Å²) in [4.78, 5) is 35.7. The van der Waals surface area contributed by atoms with Gasteiger partial charge < -0.3 is 14.6 Å². The van der Waals surface area contributed by atoms with Crippen molar-refractivity contribution >= 4 is 17.7 Å². The lowest BCUT2D eigenvalue weighted by molar-refractivity contribution is -0.161. The molecule has 0 fully saturated rings. The summed E-state index contributed by atoms with van der Waals surface area (Å²) in [5.41, 5.74) is 0. The predicted molar refractivity (Wildman–Crippen MR) is 150 cm³/mol. The van der Waals surface area contributed by atoms with Crippen LogP contribution in [0.1, 0.15) is 110 Å². The lowest BCUT2D eigenvalue weighted by Crippen LogP contribution is -2.28. The van der Waals surface area contributed by atoms with Gasteiger partial charge in [0.15, 0.2) is 11.9 Å². The van der Waals surface area contributed by atoms with Gasteiger partial charge in [0.2, 0.25) is 0 Å². The fourth-order valence-corrected chi connectivity index (χ4v) is 3.39. The second-order valence-corrected chi connectivity index (χ2v) is 9.16. The van der Waals surface area contributed by atoms with Gasteiger partial charge in [-0.1, -0.05) is 94.9 Å². The van der Waals surface area contributed by atoms with Crippen LogP contribution in [0.4, 0.5) is 0 Å². The zero-order chi connectivity index (χ0) is 27.4. The van der Waals surface area contributed by atoms with Crippen molar-refractivity contribution in [2.45, 2.75) is 116 Å². The van der Waals surface area contributed by atoms with E-state index in [-0.39, 0.29) is 31.2 Å². The minimum atomic E-state index is -0.881. The molecule has 0 aromatic rings. The Morgan fingerprint density at radius 3 is 2.08 bits per heavy atom. The minimum absolute atomic E-state index is 0.0622. The van der Waals surface area contributed by atoms with Gasteiger partial charge in [0.25, 0.3) is 0 Å². The fraction of sp³-hybridized carbons (Fsp3) is 0.645. The summed E-state index contributed by atoms with van der Waals surface area (Å²) >= 11 is 0. The van der Waals surface area contributed by atoms with Crippen LogP contribution in [0.25, 0.3) is 0 Å². The third kappa shape index (κ3) is 25.0. The molecule has 0 amide bonds. The van der Waals surface area contributed by atoms with Gasteiger partial charge in [-0.05, 0) is 44.6 Å². The van der Waals surface area contributed by atoms with E-state index in [1.807, 2.05) is 12.2 Å². The molecule has 0 heterocycles. The van der Waals surface area contributed by atoms with Crippen molar-refractivity contribution in [1.29, 1.82) is 0 Å². The average Bonchev–Trinajstić information content (AvgIpc) is 2.89. The number of esters is 2. The Labute approximate surface area is 224 Å². The summed E-state index contributed by atoms with van der Waals surface area (Å²) in [6.45, 7) is 3.76. The average molecular weight is 519 g/mol. The maximum atomic E-state index is 12.0. The normalized spacial score (nSPS) is 12.7. The summed E-state index contributed by atoms with van der Waals surface area (Å²) in [7, 11) is 0. The number of allylic oxidation sites excluding steroid dienone is 8. The molecule has 0 aliphatic rings. The maximum Gasteiger partial charge on any atom is 0.306 e. The standard InChI is InChI=1S/C31H50O6/c1-3-5-7-9-10-11-12-13-14-15-16-18-19-22-28(33)23-21-25-31(35)37-29(26-32)27-36-30(34)24-20-17-8-6-4-2/h10-11,13-14,16,18-19,22,29,32H,3-9,12,15,17,20-21,23-27H2,1-2H3/b11-10-,14-13-,18-16-,22-19+/t29-/m0/s1. The molecule has 1 N–H and O–H groups in total. The Hall–Kier alpha value is -2.47. The van der Waals surface area contributed by atoms with E-state index in [0.29, 0.717) is 12.8 Å². The highest BCUT2D eigenvalue weighted by atomic mass is 16.6. The summed E-state index contributed by atoms with van der Waals surface area (Å²) in [5, 5.41) is 9.38. The molecule has 0 radical (unpaired) electrons. The third-order valence-corrected chi connectivity index (χ3v) is 5.60. The summed E-state index contributed by atoms with van der Waals surface area (Å²) < 4.78 is 10.3. The largest absolute Gasteiger partial charge is 0.462 e. The molecule has 6 heteroatoms. The second-order valence-electron chi connectivity index (χ2n) is 9.16. The van der Waals surface area contributed by atoms with Crippen molar-refractivity contribution in [1.82, 2.24) is 0 Å². The van der Waals surface area contributed by atoms with Crippen LogP contribution in [0.2, 0.25) is 0 Å². The van der Waals surface area contributed by atoms with Crippen molar-refractivity contribution in [2.75, 3.05) is 13.2 Å². The third-order valence-electron chi connectivity index (χ3n) is 5.60. The summed E-state index contributed by atoms with van der Waals surface area (Å²) in [6, 6.07) is 0. The number of unbranched alkanes of at least 4 members (excludes halogenated alkanes) is 7. The van der Waals surface area contributed by atoms with Gasteiger partial charge in [0.05, 0.1) is 6.61 Å². The zero-order valence-corrected chi connectivity index (χ0v) is 23.2. The van der Waals surface area contributed by atoms with Crippen LogP contribution in [0.15, 0.2) is 48.6 Å². The molecule has 1 atom stereocenters. The smallest absolute Gasteiger partial charge is 0.306 e. The number of ether oxygens (including phenoxy) is 2. The number of carbonyl (C=O) groups excluding carboxylic acids is 3. The molecule has 0 aliphatic heterocycles. The van der Waals surface area contributed by atoms with Gasteiger partial charge in [-0.2, -0.15) is 0 Å². The summed E-state index contributed by atoms with van der Waals surface area (Å²) in [5.74, 6) is -0.930. The minimum Gasteiger partial charge on any atom is -0.462 e. The molecule has 6 nitrogen and oxygen atoms in total. The van der Waals surface area contributed by atoms with Gasteiger partial charge in [-0.15, -0.1) is 0 Å². The predicted octanol–water partition coefficient (Wildman–Crippen LogP) is 7.12. The number of aliphatic hydroxyl groups is 1. The Morgan fingerprint density at radius 1 is 0.703 bits per heavy atom. The molecule has 0 aromatic carbocycles. The molecule has 0 saturated carbocycles. The highest BCUT2D eigenvalue weighted by Gasteiger charge is 2.16. The van der Waals surface area contributed by atoms with Crippen LogP contribution in [0, 0.1) is 0 Å². The highest BCUT2D eigenvalue weighted by Crippen LogP contribution is 2.07. The van der Waals surface area contributed by atoms with Gasteiger partial charge in [-0.25, -0.2) is 0 Å². The maximum absolute atomic E-state index is 12.0. The van der Waals surface area contributed by atoms with Crippen molar-refractivity contribution in [3.8, 4) is 0 Å².